The molecule has 0 unspecified atom stereocenters. The minimum Gasteiger partial charge on any atom is -0.466 e. The molecule has 0 atom stereocenters. The van der Waals surface area contributed by atoms with E-state index in [0.29, 0.717) is 12.3 Å². The number of esters is 1. The van der Waals surface area contributed by atoms with Crippen molar-refractivity contribution >= 4 is 5.97 Å². The van der Waals surface area contributed by atoms with Gasteiger partial charge in [-0.2, -0.15) is 13.2 Å². The van der Waals surface area contributed by atoms with Crippen molar-refractivity contribution in [3.05, 3.63) is 29.1 Å². The molecular weight excluding hydrogens is 273 g/mol. The second-order valence-corrected chi connectivity index (χ2v) is 3.55. The molecule has 0 radical (unpaired) electrons. The van der Waals surface area contributed by atoms with Crippen LogP contribution in [-0.4, -0.2) is 17.6 Å². The lowest BCUT2D eigenvalue weighted by molar-refractivity contribution is -0.143. The fourth-order valence-electron chi connectivity index (χ4n) is 1.38. The third-order valence-corrected chi connectivity index (χ3v) is 2.19. The summed E-state index contributed by atoms with van der Waals surface area (Å²) in [5.74, 6) is -0.872. The summed E-state index contributed by atoms with van der Waals surface area (Å²) >= 11 is 0. The van der Waals surface area contributed by atoms with E-state index in [2.05, 4.69) is 9.72 Å². The number of aromatic nitrogens is 1. The summed E-state index contributed by atoms with van der Waals surface area (Å²) in [4.78, 5) is 14.1. The van der Waals surface area contributed by atoms with E-state index in [0.717, 1.165) is 0 Å². The SMILES string of the molecule is CCOC(=O)Cc1cc(C(F)(F)F)ncc1C(F)F. The van der Waals surface area contributed by atoms with E-state index >= 15 is 0 Å². The third kappa shape index (κ3) is 4.15. The van der Waals surface area contributed by atoms with E-state index < -0.39 is 41.8 Å². The summed E-state index contributed by atoms with van der Waals surface area (Å²) in [5.41, 5.74) is -2.46. The van der Waals surface area contributed by atoms with Crippen LogP contribution in [0.15, 0.2) is 12.3 Å². The zero-order valence-electron chi connectivity index (χ0n) is 9.80. The van der Waals surface area contributed by atoms with Crippen molar-refractivity contribution in [2.75, 3.05) is 6.61 Å². The molecule has 0 aromatic carbocycles. The van der Waals surface area contributed by atoms with Gasteiger partial charge in [0, 0.05) is 11.8 Å². The third-order valence-electron chi connectivity index (χ3n) is 2.19. The Labute approximate surface area is 105 Å². The van der Waals surface area contributed by atoms with Crippen LogP contribution in [0.25, 0.3) is 0 Å². The molecule has 0 spiro atoms. The van der Waals surface area contributed by atoms with E-state index in [-0.39, 0.29) is 6.61 Å². The van der Waals surface area contributed by atoms with Crippen molar-refractivity contribution in [3.8, 4) is 0 Å². The van der Waals surface area contributed by atoms with Crippen LogP contribution < -0.4 is 0 Å². The molecule has 0 bridgehead atoms. The number of hydrogen-bond acceptors (Lipinski definition) is 3. The molecule has 19 heavy (non-hydrogen) atoms. The molecule has 8 heteroatoms. The fourth-order valence-corrected chi connectivity index (χ4v) is 1.38. The largest absolute Gasteiger partial charge is 0.466 e. The normalized spacial score (nSPS) is 11.7. The maximum atomic E-state index is 12.6. The van der Waals surface area contributed by atoms with Gasteiger partial charge in [0.2, 0.25) is 0 Å². The second kappa shape index (κ2) is 5.94. The number of alkyl halides is 5. The predicted molar refractivity (Wildman–Crippen MR) is 54.5 cm³/mol. The van der Waals surface area contributed by atoms with Gasteiger partial charge in [-0.15, -0.1) is 0 Å². The zero-order valence-corrected chi connectivity index (χ0v) is 9.80. The van der Waals surface area contributed by atoms with Gasteiger partial charge in [0.1, 0.15) is 5.69 Å². The molecule has 1 rings (SSSR count). The first-order chi connectivity index (χ1) is 8.75. The second-order valence-electron chi connectivity index (χ2n) is 3.55. The van der Waals surface area contributed by atoms with Gasteiger partial charge in [-0.1, -0.05) is 0 Å². The molecule has 1 aromatic heterocycles. The van der Waals surface area contributed by atoms with E-state index in [1.807, 2.05) is 0 Å². The van der Waals surface area contributed by atoms with Crippen molar-refractivity contribution in [1.29, 1.82) is 0 Å². The minimum atomic E-state index is -4.76. The zero-order chi connectivity index (χ0) is 14.6. The van der Waals surface area contributed by atoms with Gasteiger partial charge in [-0.25, -0.2) is 8.78 Å². The van der Waals surface area contributed by atoms with Crippen molar-refractivity contribution in [1.82, 2.24) is 4.98 Å². The van der Waals surface area contributed by atoms with Gasteiger partial charge < -0.3 is 4.74 Å². The molecule has 0 saturated heterocycles. The van der Waals surface area contributed by atoms with Gasteiger partial charge in [0.05, 0.1) is 13.0 Å². The number of rotatable bonds is 4. The lowest BCUT2D eigenvalue weighted by Gasteiger charge is -2.12. The van der Waals surface area contributed by atoms with Crippen LogP contribution in [-0.2, 0) is 22.1 Å². The minimum absolute atomic E-state index is 0.0139. The molecule has 0 N–H and O–H groups in total. The number of carbonyl (C=O) groups excluding carboxylic acids is 1. The maximum absolute atomic E-state index is 12.6. The first-order valence-electron chi connectivity index (χ1n) is 5.25. The highest BCUT2D eigenvalue weighted by molar-refractivity contribution is 5.73. The molecule has 0 amide bonds. The van der Waals surface area contributed by atoms with Crippen LogP contribution in [0, 0.1) is 0 Å². The molecule has 0 aliphatic carbocycles. The van der Waals surface area contributed by atoms with Gasteiger partial charge in [0.25, 0.3) is 6.43 Å². The number of halogens is 5. The van der Waals surface area contributed by atoms with E-state index in [1.165, 1.54) is 6.92 Å². The highest BCUT2D eigenvalue weighted by atomic mass is 19.4. The predicted octanol–water partition coefficient (Wildman–Crippen LogP) is 3.14. The highest BCUT2D eigenvalue weighted by Gasteiger charge is 2.33. The average Bonchev–Trinajstić information content (AvgIpc) is 2.27. The van der Waals surface area contributed by atoms with Crippen molar-refractivity contribution < 1.29 is 31.5 Å². The van der Waals surface area contributed by atoms with Crippen LogP contribution >= 0.6 is 0 Å². The number of pyridine rings is 1. The van der Waals surface area contributed by atoms with E-state index in [9.17, 15) is 26.7 Å². The summed E-state index contributed by atoms with van der Waals surface area (Å²) < 4.78 is 67.0. The number of carbonyl (C=O) groups is 1. The van der Waals surface area contributed by atoms with Crippen LogP contribution in [0.3, 0.4) is 0 Å². The standard InChI is InChI=1S/C11H10F5NO2/c1-2-19-9(18)4-6-3-8(11(14,15)16)17-5-7(6)10(12)13/h3,5,10H,2,4H2,1H3. The lowest BCUT2D eigenvalue weighted by Crippen LogP contribution is -2.14. The molecule has 0 fully saturated rings. The summed E-state index contributed by atoms with van der Waals surface area (Å²) in [6.07, 6.45) is -8.00. The summed E-state index contributed by atoms with van der Waals surface area (Å²) in [5, 5.41) is 0. The molecule has 3 nitrogen and oxygen atoms in total. The molecule has 106 valence electrons. The smallest absolute Gasteiger partial charge is 0.433 e. The topological polar surface area (TPSA) is 39.2 Å². The van der Waals surface area contributed by atoms with Gasteiger partial charge in [-0.05, 0) is 18.6 Å². The molecule has 0 aliphatic rings. The Bertz CT molecular complexity index is 459. The highest BCUT2D eigenvalue weighted by Crippen LogP contribution is 2.31. The molecule has 1 aromatic rings. The fraction of sp³-hybridized carbons (Fsp3) is 0.455. The molecular formula is C11H10F5NO2. The molecule has 0 saturated carbocycles. The Hall–Kier alpha value is -1.73. The summed E-state index contributed by atoms with van der Waals surface area (Å²) in [6.45, 7) is 1.51. The lowest BCUT2D eigenvalue weighted by atomic mass is 10.1. The van der Waals surface area contributed by atoms with Crippen LogP contribution in [0.2, 0.25) is 0 Å². The summed E-state index contributed by atoms with van der Waals surface area (Å²) in [6, 6.07) is 0.443. The van der Waals surface area contributed by atoms with Crippen LogP contribution in [0.5, 0.6) is 0 Å². The van der Waals surface area contributed by atoms with E-state index in [1.54, 1.807) is 0 Å². The Morgan fingerprint density at radius 3 is 2.53 bits per heavy atom. The summed E-state index contributed by atoms with van der Waals surface area (Å²) in [7, 11) is 0. The Kier molecular flexibility index (Phi) is 4.79. The Balaban J connectivity index is 3.12. The number of ether oxygens (including phenoxy) is 1. The van der Waals surface area contributed by atoms with Gasteiger partial charge in [-0.3, -0.25) is 9.78 Å². The van der Waals surface area contributed by atoms with Crippen LogP contribution in [0.4, 0.5) is 22.0 Å². The van der Waals surface area contributed by atoms with Crippen molar-refractivity contribution in [3.63, 3.8) is 0 Å². The molecule has 1 heterocycles. The van der Waals surface area contributed by atoms with Gasteiger partial charge in [0.15, 0.2) is 0 Å². The first-order valence-corrected chi connectivity index (χ1v) is 5.25. The van der Waals surface area contributed by atoms with E-state index in [4.69, 9.17) is 0 Å². The van der Waals surface area contributed by atoms with Crippen molar-refractivity contribution in [2.45, 2.75) is 25.9 Å². The first kappa shape index (κ1) is 15.3. The number of hydrogen-bond donors (Lipinski definition) is 0. The van der Waals surface area contributed by atoms with Crippen molar-refractivity contribution in [2.24, 2.45) is 0 Å². The monoisotopic (exact) mass is 283 g/mol. The Morgan fingerprint density at radius 1 is 1.42 bits per heavy atom. The van der Waals surface area contributed by atoms with Crippen LogP contribution in [0.1, 0.15) is 30.2 Å². The van der Waals surface area contributed by atoms with Gasteiger partial charge >= 0.3 is 12.1 Å². The Morgan fingerprint density at radius 2 is 2.05 bits per heavy atom. The maximum Gasteiger partial charge on any atom is 0.433 e. The molecule has 0 aliphatic heterocycles. The number of nitrogens with zero attached hydrogens (tertiary/aromatic N) is 1. The quantitative estimate of drug-likeness (QED) is 0.629. The average molecular weight is 283 g/mol.